The fraction of sp³-hybridized carbons (Fsp3) is 0.786. The van der Waals surface area contributed by atoms with E-state index in [2.05, 4.69) is 32.9 Å². The lowest BCUT2D eigenvalue weighted by Gasteiger charge is -2.54. The fourth-order valence-corrected chi connectivity index (χ4v) is 3.55. The Morgan fingerprint density at radius 2 is 2.00 bits per heavy atom. The first-order chi connectivity index (χ1) is 6.90. The molecular weight excluding hydrogens is 184 g/mol. The Bertz CT molecular complexity index is 315. The molecule has 0 heterocycles. The van der Waals surface area contributed by atoms with Crippen LogP contribution in [-0.4, -0.2) is 5.78 Å². The molecule has 1 nitrogen and oxygen atoms in total. The average molecular weight is 206 g/mol. The molecule has 0 N–H and O–H groups in total. The van der Waals surface area contributed by atoms with E-state index in [1.54, 1.807) is 6.92 Å². The van der Waals surface area contributed by atoms with Crippen molar-refractivity contribution in [3.05, 3.63) is 12.2 Å². The van der Waals surface area contributed by atoms with Crippen molar-refractivity contribution in [2.75, 3.05) is 0 Å². The minimum Gasteiger partial charge on any atom is -0.300 e. The third-order valence-electron chi connectivity index (χ3n) is 4.81. The summed E-state index contributed by atoms with van der Waals surface area (Å²) in [5, 5.41) is 0. The Labute approximate surface area is 92.9 Å². The van der Waals surface area contributed by atoms with Crippen LogP contribution in [0.3, 0.4) is 0 Å². The Morgan fingerprint density at radius 1 is 1.33 bits per heavy atom. The summed E-state index contributed by atoms with van der Waals surface area (Å²) in [7, 11) is 0. The number of hydrogen-bond donors (Lipinski definition) is 0. The van der Waals surface area contributed by atoms with Crippen LogP contribution in [0, 0.1) is 22.7 Å². The SMILES string of the molecule is CC(=O)C1CC2(C)C=CC1(C(C)C)CC2. The molecule has 0 aromatic carbocycles. The molecule has 3 rings (SSSR count). The highest BCUT2D eigenvalue weighted by Crippen LogP contribution is 2.58. The lowest BCUT2D eigenvalue weighted by Crippen LogP contribution is -2.48. The second-order valence-corrected chi connectivity index (χ2v) is 6.12. The highest BCUT2D eigenvalue weighted by atomic mass is 16.1. The number of carbonyl (C=O) groups is 1. The van der Waals surface area contributed by atoms with E-state index in [1.165, 1.54) is 12.8 Å². The molecule has 2 bridgehead atoms. The van der Waals surface area contributed by atoms with Gasteiger partial charge in [-0.15, -0.1) is 0 Å². The standard InChI is InChI=1S/C14H22O/c1-10(2)14-7-5-13(4,6-8-14)9-12(14)11(3)15/h5,7,10,12H,6,8-9H2,1-4H3. The van der Waals surface area contributed by atoms with Crippen molar-refractivity contribution in [2.45, 2.75) is 47.0 Å². The van der Waals surface area contributed by atoms with Crippen molar-refractivity contribution < 1.29 is 4.79 Å². The van der Waals surface area contributed by atoms with Crippen LogP contribution < -0.4 is 0 Å². The molecule has 0 radical (unpaired) electrons. The zero-order valence-electron chi connectivity index (χ0n) is 10.3. The fourth-order valence-electron chi connectivity index (χ4n) is 3.55. The number of Topliss-reactive ketones (excluding diaryl/α,β-unsaturated/α-hetero) is 1. The van der Waals surface area contributed by atoms with Gasteiger partial charge in [0, 0.05) is 11.3 Å². The van der Waals surface area contributed by atoms with Gasteiger partial charge in [-0.3, -0.25) is 4.79 Å². The third-order valence-corrected chi connectivity index (χ3v) is 4.81. The zero-order valence-corrected chi connectivity index (χ0v) is 10.3. The van der Waals surface area contributed by atoms with Crippen molar-refractivity contribution in [1.82, 2.24) is 0 Å². The molecule has 0 saturated heterocycles. The second-order valence-electron chi connectivity index (χ2n) is 6.12. The van der Waals surface area contributed by atoms with Gasteiger partial charge in [0.05, 0.1) is 0 Å². The van der Waals surface area contributed by atoms with Gasteiger partial charge in [0.15, 0.2) is 0 Å². The predicted molar refractivity (Wildman–Crippen MR) is 62.5 cm³/mol. The largest absolute Gasteiger partial charge is 0.300 e. The van der Waals surface area contributed by atoms with Crippen LogP contribution in [0.25, 0.3) is 0 Å². The molecule has 0 amide bonds. The number of hydrogen-bond acceptors (Lipinski definition) is 1. The van der Waals surface area contributed by atoms with Crippen LogP contribution in [0.5, 0.6) is 0 Å². The molecule has 0 aromatic heterocycles. The summed E-state index contributed by atoms with van der Waals surface area (Å²) in [5.74, 6) is 1.23. The van der Waals surface area contributed by atoms with Gasteiger partial charge in [0.1, 0.15) is 5.78 Å². The highest BCUT2D eigenvalue weighted by Gasteiger charge is 2.52. The first-order valence-corrected chi connectivity index (χ1v) is 6.10. The van der Waals surface area contributed by atoms with Gasteiger partial charge in [0.25, 0.3) is 0 Å². The molecule has 1 saturated carbocycles. The molecule has 1 fully saturated rings. The molecular formula is C14H22O. The maximum Gasteiger partial charge on any atom is 0.133 e. The van der Waals surface area contributed by atoms with Crippen LogP contribution in [0.1, 0.15) is 47.0 Å². The monoisotopic (exact) mass is 206 g/mol. The first-order valence-electron chi connectivity index (χ1n) is 6.10. The van der Waals surface area contributed by atoms with E-state index < -0.39 is 0 Å². The molecule has 15 heavy (non-hydrogen) atoms. The summed E-state index contributed by atoms with van der Waals surface area (Å²) in [6.07, 6.45) is 8.25. The van der Waals surface area contributed by atoms with Gasteiger partial charge in [-0.25, -0.2) is 0 Å². The summed E-state index contributed by atoms with van der Waals surface area (Å²) >= 11 is 0. The molecule has 0 aromatic rings. The van der Waals surface area contributed by atoms with Crippen molar-refractivity contribution in [3.63, 3.8) is 0 Å². The Hall–Kier alpha value is -0.590. The van der Waals surface area contributed by atoms with E-state index >= 15 is 0 Å². The number of allylic oxidation sites excluding steroid dienone is 2. The van der Waals surface area contributed by atoms with Gasteiger partial charge in [-0.2, -0.15) is 0 Å². The van der Waals surface area contributed by atoms with Crippen molar-refractivity contribution >= 4 is 5.78 Å². The molecule has 84 valence electrons. The number of carbonyl (C=O) groups excluding carboxylic acids is 1. The van der Waals surface area contributed by atoms with E-state index in [0.717, 1.165) is 6.42 Å². The summed E-state index contributed by atoms with van der Waals surface area (Å²) in [5.41, 5.74) is 0.469. The number of rotatable bonds is 2. The van der Waals surface area contributed by atoms with E-state index in [0.29, 0.717) is 17.1 Å². The molecule has 3 unspecified atom stereocenters. The van der Waals surface area contributed by atoms with Crippen molar-refractivity contribution in [1.29, 1.82) is 0 Å². The van der Waals surface area contributed by atoms with Crippen LogP contribution in [0.15, 0.2) is 12.2 Å². The quantitative estimate of drug-likeness (QED) is 0.631. The lowest BCUT2D eigenvalue weighted by atomic mass is 9.50. The average Bonchev–Trinajstić information content (AvgIpc) is 2.17. The number of ketones is 1. The minimum absolute atomic E-state index is 0.170. The van der Waals surface area contributed by atoms with Crippen LogP contribution >= 0.6 is 0 Å². The molecule has 3 atom stereocenters. The molecule has 0 aliphatic heterocycles. The number of fused-ring (bicyclic) bond motifs is 2. The molecule has 0 spiro atoms. The van der Waals surface area contributed by atoms with E-state index in [1.807, 2.05) is 0 Å². The van der Waals surface area contributed by atoms with Crippen LogP contribution in [-0.2, 0) is 4.79 Å². The van der Waals surface area contributed by atoms with Gasteiger partial charge >= 0.3 is 0 Å². The molecule has 1 heteroatoms. The highest BCUT2D eigenvalue weighted by molar-refractivity contribution is 5.80. The van der Waals surface area contributed by atoms with Crippen LogP contribution in [0.4, 0.5) is 0 Å². The van der Waals surface area contributed by atoms with Crippen LogP contribution in [0.2, 0.25) is 0 Å². The van der Waals surface area contributed by atoms with Crippen molar-refractivity contribution in [2.24, 2.45) is 22.7 Å². The maximum atomic E-state index is 11.8. The summed E-state index contributed by atoms with van der Waals surface area (Å²) < 4.78 is 0. The van der Waals surface area contributed by atoms with Gasteiger partial charge < -0.3 is 0 Å². The Morgan fingerprint density at radius 3 is 2.40 bits per heavy atom. The summed E-state index contributed by atoms with van der Waals surface area (Å²) in [4.78, 5) is 11.8. The summed E-state index contributed by atoms with van der Waals surface area (Å²) in [6.45, 7) is 8.58. The van der Waals surface area contributed by atoms with E-state index in [9.17, 15) is 4.79 Å². The second kappa shape index (κ2) is 3.20. The Balaban J connectivity index is 2.43. The normalized spacial score (nSPS) is 43.7. The first kappa shape index (κ1) is 10.9. The molecule has 3 aliphatic carbocycles. The van der Waals surface area contributed by atoms with Gasteiger partial charge in [0.2, 0.25) is 0 Å². The summed E-state index contributed by atoms with van der Waals surface area (Å²) in [6, 6.07) is 0. The molecule has 3 aliphatic rings. The minimum atomic E-state index is 0.170. The van der Waals surface area contributed by atoms with Gasteiger partial charge in [-0.1, -0.05) is 32.9 Å². The Kier molecular flexibility index (Phi) is 2.33. The lowest BCUT2D eigenvalue weighted by molar-refractivity contribution is -0.130. The van der Waals surface area contributed by atoms with Gasteiger partial charge in [-0.05, 0) is 37.5 Å². The zero-order chi connectivity index (χ0) is 11.3. The van der Waals surface area contributed by atoms with Crippen molar-refractivity contribution in [3.8, 4) is 0 Å². The van der Waals surface area contributed by atoms with E-state index in [-0.39, 0.29) is 11.3 Å². The maximum absolute atomic E-state index is 11.8. The topological polar surface area (TPSA) is 17.1 Å². The predicted octanol–water partition coefficient (Wildman–Crippen LogP) is 3.59. The third kappa shape index (κ3) is 1.47. The van der Waals surface area contributed by atoms with E-state index in [4.69, 9.17) is 0 Å². The smallest absolute Gasteiger partial charge is 0.133 e.